The minimum absolute atomic E-state index is 0.292. The molecule has 0 unspecified atom stereocenters. The van der Waals surface area contributed by atoms with Gasteiger partial charge in [0.05, 0.1) is 0 Å². The van der Waals surface area contributed by atoms with Gasteiger partial charge in [0.2, 0.25) is 0 Å². The van der Waals surface area contributed by atoms with Crippen LogP contribution < -0.4 is 0 Å². The summed E-state index contributed by atoms with van der Waals surface area (Å²) >= 11 is 36.9. The average Bonchev–Trinajstić information content (AvgIpc) is 2.15. The number of alkyl halides is 6. The van der Waals surface area contributed by atoms with Gasteiger partial charge in [-0.1, -0.05) is 93.9 Å². The van der Waals surface area contributed by atoms with Crippen LogP contribution in [0.15, 0.2) is 24.3 Å². The zero-order valence-corrected chi connectivity index (χ0v) is 12.3. The first kappa shape index (κ1) is 13.4. The van der Waals surface area contributed by atoms with Crippen LogP contribution in [0.25, 0.3) is 0 Å². The molecular weight excluding hydrogens is 333 g/mol. The van der Waals surface area contributed by atoms with E-state index >= 15 is 0 Å². The second kappa shape index (κ2) is 3.98. The van der Waals surface area contributed by atoms with Crippen LogP contribution in [0.2, 0.25) is 0 Å². The lowest BCUT2D eigenvalue weighted by atomic mass is 9.89. The molecule has 0 heterocycles. The summed E-state index contributed by atoms with van der Waals surface area (Å²) in [6.45, 7) is 0. The fourth-order valence-electron chi connectivity index (χ4n) is 1.73. The van der Waals surface area contributed by atoms with Crippen LogP contribution in [-0.2, 0) is 10.8 Å². The van der Waals surface area contributed by atoms with Crippen LogP contribution in [0.4, 0.5) is 0 Å². The second-order valence-electron chi connectivity index (χ2n) is 3.69. The number of rotatable bonds is 0. The van der Waals surface area contributed by atoms with Crippen LogP contribution in [0.3, 0.4) is 0 Å². The first-order valence-electron chi connectivity index (χ1n) is 4.42. The largest absolute Gasteiger partial charge is 0.188 e. The molecule has 1 aromatic rings. The molecule has 0 bridgehead atoms. The lowest BCUT2D eigenvalue weighted by Gasteiger charge is -2.46. The topological polar surface area (TPSA) is 0 Å². The summed E-state index contributed by atoms with van der Waals surface area (Å²) in [6, 6.07) is 7.26. The average molecular weight is 339 g/mol. The van der Waals surface area contributed by atoms with Crippen LogP contribution in [0, 0.1) is 0 Å². The van der Waals surface area contributed by atoms with E-state index in [0.717, 1.165) is 5.56 Å². The van der Waals surface area contributed by atoms with Crippen LogP contribution in [-0.4, -0.2) is 8.67 Å². The van der Waals surface area contributed by atoms with Crippen molar-refractivity contribution in [2.45, 2.75) is 19.4 Å². The SMILES string of the molecule is ClC1(Cl)Cc2ccccc2C(Cl)(Cl)C1(Cl)Cl. The highest BCUT2D eigenvalue weighted by atomic mass is 35.5. The number of fused-ring (bicyclic) bond motifs is 1. The highest BCUT2D eigenvalue weighted by molar-refractivity contribution is 6.69. The Labute approximate surface area is 124 Å². The smallest absolute Gasteiger partial charge is 0.0978 e. The van der Waals surface area contributed by atoms with Gasteiger partial charge in [-0.2, -0.15) is 0 Å². The highest BCUT2D eigenvalue weighted by Crippen LogP contribution is 2.63. The molecule has 0 saturated carbocycles. The van der Waals surface area contributed by atoms with Crippen molar-refractivity contribution >= 4 is 69.6 Å². The van der Waals surface area contributed by atoms with E-state index in [-0.39, 0.29) is 0 Å². The second-order valence-corrected chi connectivity index (χ2v) is 7.83. The molecule has 0 aromatic heterocycles. The van der Waals surface area contributed by atoms with Gasteiger partial charge in [-0.3, -0.25) is 0 Å². The number of hydrogen-bond donors (Lipinski definition) is 0. The fourth-order valence-corrected chi connectivity index (χ4v) is 3.52. The zero-order chi connectivity index (χ0) is 12.2. The molecule has 0 atom stereocenters. The van der Waals surface area contributed by atoms with Crippen molar-refractivity contribution in [2.75, 3.05) is 0 Å². The summed E-state index contributed by atoms with van der Waals surface area (Å²) in [7, 11) is 0. The van der Waals surface area contributed by atoms with Gasteiger partial charge >= 0.3 is 0 Å². The van der Waals surface area contributed by atoms with Crippen molar-refractivity contribution in [1.29, 1.82) is 0 Å². The predicted molar refractivity (Wildman–Crippen MR) is 72.4 cm³/mol. The minimum Gasteiger partial charge on any atom is -0.0978 e. The standard InChI is InChI=1S/C10H6Cl6/c11-8(12)5-6-3-1-2-4-7(6)9(13,14)10(8,15)16/h1-4H,5H2. The zero-order valence-electron chi connectivity index (χ0n) is 7.78. The van der Waals surface area contributed by atoms with Gasteiger partial charge in [-0.05, 0) is 11.1 Å². The molecule has 0 spiro atoms. The Morgan fingerprint density at radius 3 is 2.06 bits per heavy atom. The fraction of sp³-hybridized carbons (Fsp3) is 0.400. The van der Waals surface area contributed by atoms with Gasteiger partial charge in [-0.15, -0.1) is 0 Å². The number of halogens is 6. The Morgan fingerprint density at radius 2 is 1.44 bits per heavy atom. The lowest BCUT2D eigenvalue weighted by Crippen LogP contribution is -2.53. The molecule has 88 valence electrons. The van der Waals surface area contributed by atoms with Crippen molar-refractivity contribution in [3.63, 3.8) is 0 Å². The van der Waals surface area contributed by atoms with Gasteiger partial charge < -0.3 is 0 Å². The molecule has 0 aliphatic heterocycles. The van der Waals surface area contributed by atoms with Crippen molar-refractivity contribution in [1.82, 2.24) is 0 Å². The van der Waals surface area contributed by atoms with Gasteiger partial charge in [0, 0.05) is 6.42 Å². The summed E-state index contributed by atoms with van der Waals surface area (Å²) in [6.07, 6.45) is 0.292. The molecule has 6 heteroatoms. The van der Waals surface area contributed by atoms with E-state index in [2.05, 4.69) is 0 Å². The third-order valence-electron chi connectivity index (χ3n) is 2.62. The van der Waals surface area contributed by atoms with Crippen LogP contribution in [0.5, 0.6) is 0 Å². The van der Waals surface area contributed by atoms with Gasteiger partial charge in [-0.25, -0.2) is 0 Å². The minimum atomic E-state index is -1.68. The predicted octanol–water partition coefficient (Wildman–Crippen LogP) is 5.22. The monoisotopic (exact) mass is 336 g/mol. The molecule has 0 radical (unpaired) electrons. The summed E-state index contributed by atoms with van der Waals surface area (Å²) in [4.78, 5) is 0. The van der Waals surface area contributed by atoms with Crippen LogP contribution in [0.1, 0.15) is 11.1 Å². The molecule has 16 heavy (non-hydrogen) atoms. The Balaban J connectivity index is 2.68. The lowest BCUT2D eigenvalue weighted by molar-refractivity contribution is 0.550. The molecule has 0 nitrogen and oxygen atoms in total. The Morgan fingerprint density at radius 1 is 0.875 bits per heavy atom. The maximum atomic E-state index is 6.21. The quantitative estimate of drug-likeness (QED) is 0.569. The van der Waals surface area contributed by atoms with Crippen molar-refractivity contribution < 1.29 is 0 Å². The summed E-state index contributed by atoms with van der Waals surface area (Å²) < 4.78 is -4.66. The van der Waals surface area contributed by atoms with Gasteiger partial charge in [0.25, 0.3) is 0 Å². The molecular formula is C10H6Cl6. The summed E-state index contributed by atoms with van der Waals surface area (Å²) in [5, 5.41) is 0. The Kier molecular flexibility index (Phi) is 3.33. The highest BCUT2D eigenvalue weighted by Gasteiger charge is 2.64. The van der Waals surface area contributed by atoms with Gasteiger partial charge in [0.15, 0.2) is 13.0 Å². The first-order valence-corrected chi connectivity index (χ1v) is 6.69. The van der Waals surface area contributed by atoms with Gasteiger partial charge in [0.1, 0.15) is 0 Å². The van der Waals surface area contributed by atoms with Crippen molar-refractivity contribution in [3.05, 3.63) is 35.4 Å². The first-order chi connectivity index (χ1) is 7.20. The van der Waals surface area contributed by atoms with E-state index in [0.29, 0.717) is 12.0 Å². The molecule has 1 aliphatic carbocycles. The normalized spacial score (nSPS) is 24.9. The molecule has 0 N–H and O–H groups in total. The summed E-state index contributed by atoms with van der Waals surface area (Å²) in [5.41, 5.74) is 1.48. The number of benzene rings is 1. The maximum absolute atomic E-state index is 6.21. The maximum Gasteiger partial charge on any atom is 0.188 e. The van der Waals surface area contributed by atoms with E-state index < -0.39 is 13.0 Å². The molecule has 0 fully saturated rings. The Bertz CT molecular complexity index is 423. The molecule has 0 saturated heterocycles. The third kappa shape index (κ3) is 1.74. The summed E-state index contributed by atoms with van der Waals surface area (Å²) in [5.74, 6) is 0. The van der Waals surface area contributed by atoms with E-state index in [4.69, 9.17) is 69.6 Å². The molecule has 1 aliphatic rings. The van der Waals surface area contributed by atoms with E-state index in [9.17, 15) is 0 Å². The van der Waals surface area contributed by atoms with E-state index in [1.807, 2.05) is 12.1 Å². The van der Waals surface area contributed by atoms with Crippen molar-refractivity contribution in [2.24, 2.45) is 0 Å². The molecule has 1 aromatic carbocycles. The van der Waals surface area contributed by atoms with Crippen LogP contribution >= 0.6 is 69.6 Å². The van der Waals surface area contributed by atoms with E-state index in [1.54, 1.807) is 12.1 Å². The number of hydrogen-bond acceptors (Lipinski definition) is 0. The Hall–Kier alpha value is 0.960. The molecule has 2 rings (SSSR count). The third-order valence-corrected chi connectivity index (χ3v) is 6.42. The molecule has 0 amide bonds. The van der Waals surface area contributed by atoms with E-state index in [1.165, 1.54) is 0 Å². The van der Waals surface area contributed by atoms with Crippen molar-refractivity contribution in [3.8, 4) is 0 Å².